The fourth-order valence-corrected chi connectivity index (χ4v) is 2.10. The molecule has 1 aromatic carbocycles. The van der Waals surface area contributed by atoms with Crippen LogP contribution in [0.15, 0.2) is 18.2 Å². The van der Waals surface area contributed by atoms with E-state index in [0.29, 0.717) is 13.0 Å². The molecule has 0 heterocycles. The number of benzene rings is 1. The zero-order chi connectivity index (χ0) is 14.5. The number of carbonyl (C=O) groups excluding carboxylic acids is 1. The molecule has 1 N–H and O–H groups in total. The van der Waals surface area contributed by atoms with Crippen molar-refractivity contribution in [2.75, 3.05) is 11.9 Å². The first kappa shape index (κ1) is 16.0. The van der Waals surface area contributed by atoms with Gasteiger partial charge in [0.2, 0.25) is 5.91 Å². The molecule has 19 heavy (non-hydrogen) atoms. The smallest absolute Gasteiger partial charge is 0.224 e. The Hall–Kier alpha value is -1.03. The van der Waals surface area contributed by atoms with Crippen LogP contribution in [0.2, 0.25) is 0 Å². The maximum Gasteiger partial charge on any atom is 0.224 e. The Balaban J connectivity index is 2.97. The van der Waals surface area contributed by atoms with Crippen LogP contribution in [0, 0.1) is 0 Å². The highest BCUT2D eigenvalue weighted by Crippen LogP contribution is 2.29. The molecular weight excluding hydrogens is 306 g/mol. The SMILES string of the molecule is CCOc1cc(CC(C)(C)Br)ccc1NC(=O)CC. The second kappa shape index (κ2) is 6.94. The van der Waals surface area contributed by atoms with Gasteiger partial charge in [-0.15, -0.1) is 0 Å². The van der Waals surface area contributed by atoms with E-state index in [1.807, 2.05) is 32.0 Å². The van der Waals surface area contributed by atoms with Crippen molar-refractivity contribution in [1.82, 2.24) is 0 Å². The molecule has 0 unspecified atom stereocenters. The summed E-state index contributed by atoms with van der Waals surface area (Å²) in [4.78, 5) is 11.5. The first-order valence-electron chi connectivity index (χ1n) is 6.60. The summed E-state index contributed by atoms with van der Waals surface area (Å²) in [6.45, 7) is 8.60. The van der Waals surface area contributed by atoms with Gasteiger partial charge in [0, 0.05) is 10.7 Å². The first-order valence-corrected chi connectivity index (χ1v) is 7.39. The number of ether oxygens (including phenoxy) is 1. The van der Waals surface area contributed by atoms with Crippen molar-refractivity contribution in [3.63, 3.8) is 0 Å². The van der Waals surface area contributed by atoms with Crippen molar-refractivity contribution in [3.8, 4) is 5.75 Å². The third kappa shape index (κ3) is 5.64. The van der Waals surface area contributed by atoms with E-state index in [4.69, 9.17) is 4.74 Å². The van der Waals surface area contributed by atoms with Gasteiger partial charge < -0.3 is 10.1 Å². The summed E-state index contributed by atoms with van der Waals surface area (Å²) < 4.78 is 5.65. The van der Waals surface area contributed by atoms with Crippen molar-refractivity contribution in [2.45, 2.75) is 44.9 Å². The minimum atomic E-state index is -0.00507. The average molecular weight is 328 g/mol. The van der Waals surface area contributed by atoms with Gasteiger partial charge in [0.25, 0.3) is 0 Å². The van der Waals surface area contributed by atoms with Gasteiger partial charge in [-0.1, -0.05) is 28.9 Å². The van der Waals surface area contributed by atoms with E-state index in [9.17, 15) is 4.79 Å². The standard InChI is InChI=1S/C15H22BrNO2/c1-5-14(18)17-12-8-7-11(10-15(3,4)16)9-13(12)19-6-2/h7-9H,5-6,10H2,1-4H3,(H,17,18). The molecule has 4 heteroatoms. The third-order valence-corrected chi connectivity index (χ3v) is 2.85. The molecule has 1 amide bonds. The number of halogens is 1. The highest BCUT2D eigenvalue weighted by Gasteiger charge is 2.15. The molecule has 0 fully saturated rings. The van der Waals surface area contributed by atoms with Crippen LogP contribution in [-0.2, 0) is 11.2 Å². The minimum absolute atomic E-state index is 0.00507. The molecule has 1 aromatic rings. The Morgan fingerprint density at radius 1 is 1.37 bits per heavy atom. The summed E-state index contributed by atoms with van der Waals surface area (Å²) in [7, 11) is 0. The second-order valence-corrected chi connectivity index (χ2v) is 7.21. The van der Waals surface area contributed by atoms with E-state index in [1.165, 1.54) is 5.56 Å². The fourth-order valence-electron chi connectivity index (χ4n) is 1.78. The molecule has 0 aromatic heterocycles. The van der Waals surface area contributed by atoms with Gasteiger partial charge in [-0.05, 0) is 44.9 Å². The Morgan fingerprint density at radius 3 is 2.58 bits per heavy atom. The summed E-state index contributed by atoms with van der Waals surface area (Å²) in [5.74, 6) is 0.730. The summed E-state index contributed by atoms with van der Waals surface area (Å²) in [6.07, 6.45) is 1.36. The van der Waals surface area contributed by atoms with Crippen molar-refractivity contribution in [3.05, 3.63) is 23.8 Å². The largest absolute Gasteiger partial charge is 0.492 e. The molecule has 0 bridgehead atoms. The lowest BCUT2D eigenvalue weighted by molar-refractivity contribution is -0.115. The monoisotopic (exact) mass is 327 g/mol. The first-order chi connectivity index (χ1) is 8.85. The molecule has 0 saturated heterocycles. The van der Waals surface area contributed by atoms with E-state index in [1.54, 1.807) is 0 Å². The van der Waals surface area contributed by atoms with Crippen LogP contribution in [0.5, 0.6) is 5.75 Å². The zero-order valence-electron chi connectivity index (χ0n) is 12.0. The topological polar surface area (TPSA) is 38.3 Å². The number of anilines is 1. The van der Waals surface area contributed by atoms with Gasteiger partial charge in [0.1, 0.15) is 5.75 Å². The number of nitrogens with one attached hydrogen (secondary N) is 1. The van der Waals surface area contributed by atoms with E-state index < -0.39 is 0 Å². The summed E-state index contributed by atoms with van der Waals surface area (Å²) >= 11 is 3.64. The van der Waals surface area contributed by atoms with Crippen LogP contribution in [0.3, 0.4) is 0 Å². The van der Waals surface area contributed by atoms with Gasteiger partial charge in [-0.3, -0.25) is 4.79 Å². The lowest BCUT2D eigenvalue weighted by atomic mass is 10.0. The van der Waals surface area contributed by atoms with Crippen LogP contribution < -0.4 is 10.1 Å². The molecule has 0 radical (unpaired) electrons. The normalized spacial score (nSPS) is 11.2. The number of carbonyl (C=O) groups is 1. The van der Waals surface area contributed by atoms with Crippen LogP contribution in [-0.4, -0.2) is 16.8 Å². The summed E-state index contributed by atoms with van der Waals surface area (Å²) in [6, 6.07) is 5.93. The molecule has 1 rings (SSSR count). The number of hydrogen-bond acceptors (Lipinski definition) is 2. The second-order valence-electron chi connectivity index (χ2n) is 5.06. The third-order valence-electron chi connectivity index (χ3n) is 2.57. The highest BCUT2D eigenvalue weighted by atomic mass is 79.9. The lowest BCUT2D eigenvalue weighted by Gasteiger charge is -2.18. The summed E-state index contributed by atoms with van der Waals surface area (Å²) in [5, 5.41) is 2.86. The van der Waals surface area contributed by atoms with Crippen LogP contribution in [0.1, 0.15) is 39.7 Å². The quantitative estimate of drug-likeness (QED) is 0.797. The predicted octanol–water partition coefficient (Wildman–Crippen LogP) is 4.15. The summed E-state index contributed by atoms with van der Waals surface area (Å²) in [5.41, 5.74) is 1.92. The predicted molar refractivity (Wildman–Crippen MR) is 83.2 cm³/mol. The minimum Gasteiger partial charge on any atom is -0.492 e. The van der Waals surface area contributed by atoms with E-state index in [2.05, 4.69) is 35.1 Å². The molecule has 0 aliphatic heterocycles. The fraction of sp³-hybridized carbons (Fsp3) is 0.533. The molecule has 0 atom stereocenters. The Bertz CT molecular complexity index is 438. The van der Waals surface area contributed by atoms with Gasteiger partial charge in [0.05, 0.1) is 12.3 Å². The maximum absolute atomic E-state index is 11.5. The lowest BCUT2D eigenvalue weighted by Crippen LogP contribution is -2.14. The van der Waals surface area contributed by atoms with Crippen molar-refractivity contribution in [1.29, 1.82) is 0 Å². The maximum atomic E-state index is 11.5. The van der Waals surface area contributed by atoms with E-state index in [-0.39, 0.29) is 10.2 Å². The number of alkyl halides is 1. The van der Waals surface area contributed by atoms with Crippen LogP contribution >= 0.6 is 15.9 Å². The van der Waals surface area contributed by atoms with Crippen LogP contribution in [0.25, 0.3) is 0 Å². The number of hydrogen-bond donors (Lipinski definition) is 1. The van der Waals surface area contributed by atoms with Gasteiger partial charge >= 0.3 is 0 Å². The van der Waals surface area contributed by atoms with E-state index in [0.717, 1.165) is 17.9 Å². The van der Waals surface area contributed by atoms with Gasteiger partial charge in [0.15, 0.2) is 0 Å². The molecular formula is C15H22BrNO2. The Kier molecular flexibility index (Phi) is 5.85. The van der Waals surface area contributed by atoms with Crippen molar-refractivity contribution >= 4 is 27.5 Å². The zero-order valence-corrected chi connectivity index (χ0v) is 13.6. The molecule has 0 spiro atoms. The van der Waals surface area contributed by atoms with Crippen LogP contribution in [0.4, 0.5) is 5.69 Å². The van der Waals surface area contributed by atoms with Crippen molar-refractivity contribution in [2.24, 2.45) is 0 Å². The van der Waals surface area contributed by atoms with E-state index >= 15 is 0 Å². The van der Waals surface area contributed by atoms with Gasteiger partial charge in [-0.25, -0.2) is 0 Å². The molecule has 106 valence electrons. The number of rotatable bonds is 6. The van der Waals surface area contributed by atoms with Gasteiger partial charge in [-0.2, -0.15) is 0 Å². The molecule has 0 aliphatic rings. The Labute approximate surface area is 123 Å². The Morgan fingerprint density at radius 2 is 2.05 bits per heavy atom. The highest BCUT2D eigenvalue weighted by molar-refractivity contribution is 9.10. The van der Waals surface area contributed by atoms with Crippen molar-refractivity contribution < 1.29 is 9.53 Å². The molecule has 0 aliphatic carbocycles. The molecule has 0 saturated carbocycles. The number of amides is 1. The molecule has 3 nitrogen and oxygen atoms in total. The average Bonchev–Trinajstić information content (AvgIpc) is 2.30.